The van der Waals surface area contributed by atoms with Gasteiger partial charge in [0.25, 0.3) is 5.91 Å². The molecule has 0 saturated heterocycles. The number of nitrogens with two attached hydrogens (primary N) is 2. The molecule has 0 radical (unpaired) electrons. The number of nitrogens with zero attached hydrogens (tertiary/aromatic N) is 2. The highest BCUT2D eigenvalue weighted by atomic mass is 16.3. The minimum atomic E-state index is -0.957. The molecule has 0 spiro atoms. The van der Waals surface area contributed by atoms with E-state index < -0.39 is 11.5 Å². The molecule has 1 aromatic rings. The quantitative estimate of drug-likeness (QED) is 0.551. The first kappa shape index (κ1) is 15.2. The van der Waals surface area contributed by atoms with Crippen molar-refractivity contribution in [3.8, 4) is 0 Å². The first-order valence-corrected chi connectivity index (χ1v) is 5.87. The minimum absolute atomic E-state index is 0.209. The number of likely N-dealkylation sites (N-methyl/N-ethyl adjacent to an activating group) is 1. The van der Waals surface area contributed by atoms with Crippen LogP contribution in [0.2, 0.25) is 0 Å². The number of carbonyl (C=O) groups is 1. The van der Waals surface area contributed by atoms with Gasteiger partial charge in [-0.1, -0.05) is 0 Å². The summed E-state index contributed by atoms with van der Waals surface area (Å²) < 4.78 is 0. The van der Waals surface area contributed by atoms with Gasteiger partial charge in [0.2, 0.25) is 0 Å². The Balaban J connectivity index is 2.80. The molecule has 0 fully saturated rings. The van der Waals surface area contributed by atoms with E-state index in [1.54, 1.807) is 6.92 Å². The van der Waals surface area contributed by atoms with Crippen LogP contribution in [0.4, 0.5) is 11.5 Å². The summed E-state index contributed by atoms with van der Waals surface area (Å²) in [4.78, 5) is 17.2. The Morgan fingerprint density at radius 2 is 2.21 bits per heavy atom. The highest BCUT2D eigenvalue weighted by Gasteiger charge is 2.22. The topological polar surface area (TPSA) is 118 Å². The molecule has 0 saturated carbocycles. The zero-order chi connectivity index (χ0) is 14.6. The zero-order valence-corrected chi connectivity index (χ0v) is 11.5. The van der Waals surface area contributed by atoms with Gasteiger partial charge >= 0.3 is 0 Å². The van der Waals surface area contributed by atoms with Crippen LogP contribution in [0, 0.1) is 0 Å². The van der Waals surface area contributed by atoms with Crippen molar-refractivity contribution in [1.29, 1.82) is 0 Å². The maximum Gasteiger partial charge on any atom is 0.252 e. The third-order valence-corrected chi connectivity index (χ3v) is 2.47. The van der Waals surface area contributed by atoms with Crippen molar-refractivity contribution in [2.24, 2.45) is 5.73 Å². The van der Waals surface area contributed by atoms with Crippen LogP contribution in [0.5, 0.6) is 0 Å². The number of nitrogens with one attached hydrogen (secondary N) is 1. The van der Waals surface area contributed by atoms with Gasteiger partial charge in [-0.2, -0.15) is 0 Å². The molecule has 1 aromatic heterocycles. The second-order valence-electron chi connectivity index (χ2n) is 5.12. The van der Waals surface area contributed by atoms with E-state index in [1.807, 2.05) is 19.0 Å². The number of aromatic nitrogens is 1. The van der Waals surface area contributed by atoms with Gasteiger partial charge in [-0.15, -0.1) is 0 Å². The lowest BCUT2D eigenvalue weighted by Gasteiger charge is -2.27. The van der Waals surface area contributed by atoms with Gasteiger partial charge in [0, 0.05) is 13.1 Å². The molecule has 19 heavy (non-hydrogen) atoms. The minimum Gasteiger partial charge on any atom is -0.397 e. The summed E-state index contributed by atoms with van der Waals surface area (Å²) in [5.41, 5.74) is 10.4. The predicted molar refractivity (Wildman–Crippen MR) is 74.8 cm³/mol. The second-order valence-corrected chi connectivity index (χ2v) is 5.12. The lowest BCUT2D eigenvalue weighted by molar-refractivity contribution is 0.0458. The Morgan fingerprint density at radius 1 is 1.58 bits per heavy atom. The number of rotatable bonds is 6. The molecule has 0 aliphatic rings. The fourth-order valence-electron chi connectivity index (χ4n) is 1.82. The summed E-state index contributed by atoms with van der Waals surface area (Å²) in [6.45, 7) is 2.41. The normalized spacial score (nSPS) is 14.2. The van der Waals surface area contributed by atoms with E-state index in [-0.39, 0.29) is 12.1 Å². The number of carbonyl (C=O) groups excluding carboxylic acids is 1. The van der Waals surface area contributed by atoms with E-state index in [2.05, 4.69) is 10.3 Å². The summed E-state index contributed by atoms with van der Waals surface area (Å²) >= 11 is 0. The number of amides is 1. The number of primary amides is 1. The highest BCUT2D eigenvalue weighted by Crippen LogP contribution is 2.16. The molecule has 6 N–H and O–H groups in total. The summed E-state index contributed by atoms with van der Waals surface area (Å²) in [5, 5.41) is 13.1. The predicted octanol–water partition coefficient (Wildman–Crippen LogP) is -0.513. The largest absolute Gasteiger partial charge is 0.397 e. The molecule has 106 valence electrons. The molecule has 0 aromatic carbocycles. The third-order valence-electron chi connectivity index (χ3n) is 2.47. The molecule has 1 amide bonds. The monoisotopic (exact) mass is 267 g/mol. The van der Waals surface area contributed by atoms with Crippen molar-refractivity contribution in [1.82, 2.24) is 9.88 Å². The molecule has 1 atom stereocenters. The fraction of sp³-hybridized carbons (Fsp3) is 0.500. The van der Waals surface area contributed by atoms with Crippen LogP contribution < -0.4 is 16.8 Å². The Labute approximate surface area is 112 Å². The van der Waals surface area contributed by atoms with Crippen LogP contribution >= 0.6 is 0 Å². The van der Waals surface area contributed by atoms with E-state index in [0.29, 0.717) is 18.1 Å². The Hall–Kier alpha value is -1.86. The average molecular weight is 267 g/mol. The number of hydrogen-bond donors (Lipinski definition) is 4. The average Bonchev–Trinajstić information content (AvgIpc) is 2.25. The molecule has 1 rings (SSSR count). The molecule has 0 bridgehead atoms. The number of nitrogen functional groups attached to an aromatic ring is 1. The summed E-state index contributed by atoms with van der Waals surface area (Å²) in [5.74, 6) is -0.296. The first-order valence-electron chi connectivity index (χ1n) is 5.87. The van der Waals surface area contributed by atoms with Gasteiger partial charge in [-0.05, 0) is 27.1 Å². The maximum atomic E-state index is 11.3. The Kier molecular flexibility index (Phi) is 4.68. The smallest absolute Gasteiger partial charge is 0.252 e. The van der Waals surface area contributed by atoms with E-state index in [4.69, 9.17) is 11.5 Å². The van der Waals surface area contributed by atoms with Gasteiger partial charge in [0.05, 0.1) is 23.0 Å². The molecule has 1 heterocycles. The van der Waals surface area contributed by atoms with Crippen molar-refractivity contribution in [3.05, 3.63) is 17.8 Å². The van der Waals surface area contributed by atoms with Crippen LogP contribution in [-0.2, 0) is 0 Å². The number of aliphatic hydroxyl groups is 1. The lowest BCUT2D eigenvalue weighted by Crippen LogP contribution is -2.43. The van der Waals surface area contributed by atoms with Crippen LogP contribution in [0.15, 0.2) is 12.3 Å². The molecule has 0 aliphatic carbocycles. The highest BCUT2D eigenvalue weighted by molar-refractivity contribution is 5.98. The molecule has 7 nitrogen and oxygen atoms in total. The summed E-state index contributed by atoms with van der Waals surface area (Å²) in [6.07, 6.45) is 1.43. The SMILES string of the molecule is CN(C)CC(C)(O)CNc1ncc(N)cc1C(N)=O. The van der Waals surface area contributed by atoms with Gasteiger partial charge in [-0.25, -0.2) is 4.98 Å². The van der Waals surface area contributed by atoms with E-state index in [9.17, 15) is 9.90 Å². The van der Waals surface area contributed by atoms with Gasteiger partial charge in [0.1, 0.15) is 5.82 Å². The van der Waals surface area contributed by atoms with Crippen LogP contribution in [0.1, 0.15) is 17.3 Å². The second kappa shape index (κ2) is 5.85. The van der Waals surface area contributed by atoms with Gasteiger partial charge in [-0.3, -0.25) is 4.79 Å². The Morgan fingerprint density at radius 3 is 2.74 bits per heavy atom. The van der Waals surface area contributed by atoms with E-state index in [1.165, 1.54) is 12.3 Å². The van der Waals surface area contributed by atoms with Crippen LogP contribution in [0.25, 0.3) is 0 Å². The number of anilines is 2. The van der Waals surface area contributed by atoms with Gasteiger partial charge in [0.15, 0.2) is 0 Å². The maximum absolute atomic E-state index is 11.3. The first-order chi connectivity index (χ1) is 8.71. The van der Waals surface area contributed by atoms with Crippen molar-refractivity contribution >= 4 is 17.4 Å². The van der Waals surface area contributed by atoms with Crippen LogP contribution in [0.3, 0.4) is 0 Å². The van der Waals surface area contributed by atoms with Crippen molar-refractivity contribution in [2.45, 2.75) is 12.5 Å². The van der Waals surface area contributed by atoms with Crippen molar-refractivity contribution in [2.75, 3.05) is 38.2 Å². The molecule has 0 aliphatic heterocycles. The zero-order valence-electron chi connectivity index (χ0n) is 11.5. The lowest BCUT2D eigenvalue weighted by atomic mass is 10.1. The van der Waals surface area contributed by atoms with Gasteiger partial charge < -0.3 is 26.8 Å². The Bertz CT molecular complexity index is 459. The fourth-order valence-corrected chi connectivity index (χ4v) is 1.82. The molecule has 7 heteroatoms. The van der Waals surface area contributed by atoms with Crippen molar-refractivity contribution in [3.63, 3.8) is 0 Å². The molecule has 1 unspecified atom stereocenters. The van der Waals surface area contributed by atoms with E-state index >= 15 is 0 Å². The summed E-state index contributed by atoms with van der Waals surface area (Å²) in [7, 11) is 3.73. The molecular formula is C12H21N5O2. The molecular weight excluding hydrogens is 246 g/mol. The van der Waals surface area contributed by atoms with Crippen LogP contribution in [-0.4, -0.2) is 53.7 Å². The van der Waals surface area contributed by atoms with E-state index in [0.717, 1.165) is 0 Å². The number of hydrogen-bond acceptors (Lipinski definition) is 6. The van der Waals surface area contributed by atoms with Crippen molar-refractivity contribution < 1.29 is 9.90 Å². The third kappa shape index (κ3) is 4.72. The summed E-state index contributed by atoms with van der Waals surface area (Å²) in [6, 6.07) is 1.46. The standard InChI is InChI=1S/C12H21N5O2/c1-12(19,7-17(2)3)6-16-11-9(10(14)18)4-8(13)5-15-11/h4-5,19H,6-7,13H2,1-3H3,(H2,14,18)(H,15,16). The number of pyridine rings is 1.